The highest BCUT2D eigenvalue weighted by Gasteiger charge is 2.11. The Morgan fingerprint density at radius 3 is 2.22 bits per heavy atom. The van der Waals surface area contributed by atoms with E-state index in [1.54, 1.807) is 12.3 Å². The highest BCUT2D eigenvalue weighted by Crippen LogP contribution is 2.18. The van der Waals surface area contributed by atoms with E-state index in [1.165, 1.54) is 5.56 Å². The fourth-order valence-electron chi connectivity index (χ4n) is 1.73. The summed E-state index contributed by atoms with van der Waals surface area (Å²) in [6.07, 6.45) is 4.36. The molecule has 1 aromatic heterocycles. The zero-order valence-corrected chi connectivity index (χ0v) is 9.95. The minimum absolute atomic E-state index is 0.252. The van der Waals surface area contributed by atoms with Gasteiger partial charge in [-0.05, 0) is 29.2 Å². The van der Waals surface area contributed by atoms with Crippen molar-refractivity contribution in [3.8, 4) is 11.1 Å². The van der Waals surface area contributed by atoms with Crippen molar-refractivity contribution in [3.63, 3.8) is 0 Å². The summed E-state index contributed by atoms with van der Waals surface area (Å²) in [6.45, 7) is 3.71. The van der Waals surface area contributed by atoms with Crippen molar-refractivity contribution in [2.75, 3.05) is 0 Å². The second kappa shape index (κ2) is 5.62. The number of aromatic nitrogens is 1. The van der Waals surface area contributed by atoms with Crippen LogP contribution in [0.1, 0.15) is 5.56 Å². The van der Waals surface area contributed by atoms with Gasteiger partial charge in [-0.25, -0.2) is 0 Å². The molecule has 0 atom stereocenters. The standard InChI is InChI=1S/C14H14BNO2/c1-2-3-11-4-6-12(7-5-11)13-8-9-14(15(17)18)16-10-13/h2,4-10,17-18H,1,3H2. The van der Waals surface area contributed by atoms with Crippen molar-refractivity contribution in [1.82, 2.24) is 4.98 Å². The third-order valence-electron chi connectivity index (χ3n) is 2.72. The van der Waals surface area contributed by atoms with Gasteiger partial charge in [-0.3, -0.25) is 4.98 Å². The Morgan fingerprint density at radius 1 is 1.06 bits per heavy atom. The van der Waals surface area contributed by atoms with Crippen LogP contribution >= 0.6 is 0 Å². The van der Waals surface area contributed by atoms with Crippen LogP contribution in [0.15, 0.2) is 55.3 Å². The quantitative estimate of drug-likeness (QED) is 0.621. The zero-order chi connectivity index (χ0) is 13.0. The molecule has 0 radical (unpaired) electrons. The van der Waals surface area contributed by atoms with E-state index in [2.05, 4.69) is 11.6 Å². The summed E-state index contributed by atoms with van der Waals surface area (Å²) in [7, 11) is -1.52. The lowest BCUT2D eigenvalue weighted by Crippen LogP contribution is -2.32. The molecule has 1 aromatic carbocycles. The summed E-state index contributed by atoms with van der Waals surface area (Å²) in [6, 6.07) is 11.6. The topological polar surface area (TPSA) is 53.4 Å². The van der Waals surface area contributed by atoms with Gasteiger partial charge < -0.3 is 10.0 Å². The lowest BCUT2D eigenvalue weighted by Gasteiger charge is -2.04. The third kappa shape index (κ3) is 2.86. The van der Waals surface area contributed by atoms with E-state index in [1.807, 2.05) is 36.4 Å². The SMILES string of the molecule is C=CCc1ccc(-c2ccc(B(O)O)nc2)cc1. The fraction of sp³-hybridized carbons (Fsp3) is 0.0714. The predicted molar refractivity (Wildman–Crippen MR) is 73.4 cm³/mol. The maximum atomic E-state index is 8.96. The van der Waals surface area contributed by atoms with Crippen LogP contribution in [0.5, 0.6) is 0 Å². The molecule has 0 aliphatic rings. The molecule has 2 N–H and O–H groups in total. The van der Waals surface area contributed by atoms with Crippen molar-refractivity contribution in [2.45, 2.75) is 6.42 Å². The van der Waals surface area contributed by atoms with Crippen LogP contribution < -0.4 is 5.59 Å². The van der Waals surface area contributed by atoms with Crippen molar-refractivity contribution in [1.29, 1.82) is 0 Å². The van der Waals surface area contributed by atoms with Crippen LogP contribution in [-0.2, 0) is 6.42 Å². The van der Waals surface area contributed by atoms with Crippen molar-refractivity contribution >= 4 is 12.7 Å². The summed E-state index contributed by atoms with van der Waals surface area (Å²) in [5.41, 5.74) is 3.46. The van der Waals surface area contributed by atoms with Gasteiger partial charge in [-0.1, -0.05) is 36.4 Å². The molecule has 0 saturated carbocycles. The van der Waals surface area contributed by atoms with Crippen LogP contribution in [-0.4, -0.2) is 22.2 Å². The molecule has 3 nitrogen and oxygen atoms in total. The van der Waals surface area contributed by atoms with Gasteiger partial charge in [0.25, 0.3) is 0 Å². The lowest BCUT2D eigenvalue weighted by molar-refractivity contribution is 0.424. The first-order chi connectivity index (χ1) is 8.70. The van der Waals surface area contributed by atoms with Crippen LogP contribution in [0.3, 0.4) is 0 Å². The summed E-state index contributed by atoms with van der Waals surface area (Å²) < 4.78 is 0. The maximum Gasteiger partial charge on any atom is 0.508 e. The Balaban J connectivity index is 2.22. The molecule has 0 aliphatic carbocycles. The normalized spacial score (nSPS) is 10.1. The summed E-state index contributed by atoms with van der Waals surface area (Å²) in [4.78, 5) is 4.00. The largest absolute Gasteiger partial charge is 0.508 e. The lowest BCUT2D eigenvalue weighted by atomic mass is 9.85. The number of pyridine rings is 1. The molecule has 1 heterocycles. The molecule has 0 unspecified atom stereocenters. The summed E-state index contributed by atoms with van der Waals surface area (Å²) in [5.74, 6) is 0. The van der Waals surface area contributed by atoms with E-state index >= 15 is 0 Å². The number of nitrogens with zero attached hydrogens (tertiary/aromatic N) is 1. The second-order valence-corrected chi connectivity index (χ2v) is 4.04. The van der Waals surface area contributed by atoms with Crippen LogP contribution in [0.25, 0.3) is 11.1 Å². The van der Waals surface area contributed by atoms with E-state index in [-0.39, 0.29) is 5.59 Å². The first-order valence-electron chi connectivity index (χ1n) is 5.73. The van der Waals surface area contributed by atoms with Gasteiger partial charge in [0, 0.05) is 6.20 Å². The van der Waals surface area contributed by atoms with E-state index in [0.29, 0.717) is 0 Å². The Labute approximate surface area is 107 Å². The first-order valence-corrected chi connectivity index (χ1v) is 5.73. The van der Waals surface area contributed by atoms with Gasteiger partial charge in [-0.15, -0.1) is 6.58 Å². The van der Waals surface area contributed by atoms with Gasteiger partial charge in [0.2, 0.25) is 0 Å². The molecular formula is C14H14BNO2. The Hall–Kier alpha value is -1.91. The number of hydrogen-bond acceptors (Lipinski definition) is 3. The van der Waals surface area contributed by atoms with Crippen molar-refractivity contribution < 1.29 is 10.0 Å². The first kappa shape index (κ1) is 12.5. The van der Waals surface area contributed by atoms with Gasteiger partial charge in [0.05, 0.1) is 5.59 Å². The zero-order valence-electron chi connectivity index (χ0n) is 9.95. The molecule has 2 aromatic rings. The molecule has 0 saturated heterocycles. The fourth-order valence-corrected chi connectivity index (χ4v) is 1.73. The molecule has 18 heavy (non-hydrogen) atoms. The molecule has 0 amide bonds. The van der Waals surface area contributed by atoms with Gasteiger partial charge >= 0.3 is 7.12 Å². The molecule has 4 heteroatoms. The van der Waals surface area contributed by atoms with Crippen LogP contribution in [0.2, 0.25) is 0 Å². The highest BCUT2D eigenvalue weighted by molar-refractivity contribution is 6.57. The van der Waals surface area contributed by atoms with Gasteiger partial charge in [0.1, 0.15) is 0 Å². The molecule has 2 rings (SSSR count). The van der Waals surface area contributed by atoms with Crippen LogP contribution in [0.4, 0.5) is 0 Å². The summed E-state index contributed by atoms with van der Waals surface area (Å²) in [5, 5.41) is 17.9. The van der Waals surface area contributed by atoms with Gasteiger partial charge in [0.15, 0.2) is 0 Å². The second-order valence-electron chi connectivity index (χ2n) is 4.04. The molecule has 0 aliphatic heterocycles. The number of rotatable bonds is 4. The smallest absolute Gasteiger partial charge is 0.422 e. The number of allylic oxidation sites excluding steroid dienone is 1. The van der Waals surface area contributed by atoms with Crippen molar-refractivity contribution in [2.24, 2.45) is 0 Å². The van der Waals surface area contributed by atoms with E-state index in [0.717, 1.165) is 17.5 Å². The Morgan fingerprint density at radius 2 is 1.72 bits per heavy atom. The van der Waals surface area contributed by atoms with E-state index in [9.17, 15) is 0 Å². The average molecular weight is 239 g/mol. The third-order valence-corrected chi connectivity index (χ3v) is 2.72. The number of benzene rings is 1. The highest BCUT2D eigenvalue weighted by atomic mass is 16.4. The van der Waals surface area contributed by atoms with E-state index in [4.69, 9.17) is 10.0 Å². The monoisotopic (exact) mass is 239 g/mol. The molecule has 90 valence electrons. The number of hydrogen-bond donors (Lipinski definition) is 2. The molecule has 0 spiro atoms. The Kier molecular flexibility index (Phi) is 3.92. The van der Waals surface area contributed by atoms with Gasteiger partial charge in [-0.2, -0.15) is 0 Å². The molecule has 0 fully saturated rings. The minimum atomic E-state index is -1.52. The summed E-state index contributed by atoms with van der Waals surface area (Å²) >= 11 is 0. The Bertz CT molecular complexity index is 520. The average Bonchev–Trinajstić information content (AvgIpc) is 2.40. The van der Waals surface area contributed by atoms with Crippen molar-refractivity contribution in [3.05, 3.63) is 60.8 Å². The van der Waals surface area contributed by atoms with E-state index < -0.39 is 7.12 Å². The molecule has 0 bridgehead atoms. The maximum absolute atomic E-state index is 8.96. The molecular weight excluding hydrogens is 225 g/mol. The van der Waals surface area contributed by atoms with Crippen LogP contribution in [0, 0.1) is 0 Å². The minimum Gasteiger partial charge on any atom is -0.422 e. The predicted octanol–water partition coefficient (Wildman–Crippen LogP) is 1.16.